The molecule has 0 bridgehead atoms. The molecule has 1 saturated carbocycles. The third-order valence-electron chi connectivity index (χ3n) is 3.24. The summed E-state index contributed by atoms with van der Waals surface area (Å²) in [7, 11) is 0. The van der Waals surface area contributed by atoms with Gasteiger partial charge in [0.25, 0.3) is 0 Å². The Morgan fingerprint density at radius 1 is 1.38 bits per heavy atom. The molecule has 5 nitrogen and oxygen atoms in total. The summed E-state index contributed by atoms with van der Waals surface area (Å²) in [5.74, 6) is 1.53. The third kappa shape index (κ3) is 1.30. The number of carbonyl (C=O) groups excluding carboxylic acids is 3. The minimum Gasteiger partial charge on any atom is -0.277 e. The number of nitrogens with one attached hydrogen (secondary N) is 1. The summed E-state index contributed by atoms with van der Waals surface area (Å²) in [6.45, 7) is 0.177. The molecule has 0 unspecified atom stereocenters. The second kappa shape index (κ2) is 3.63. The Balaban J connectivity index is 2.20. The molecule has 16 heavy (non-hydrogen) atoms. The Morgan fingerprint density at radius 2 is 2.06 bits per heavy atom. The van der Waals surface area contributed by atoms with Crippen molar-refractivity contribution in [1.29, 1.82) is 0 Å². The number of hydrogen-bond donors (Lipinski definition) is 1. The van der Waals surface area contributed by atoms with Crippen LogP contribution >= 0.6 is 0 Å². The van der Waals surface area contributed by atoms with Crippen LogP contribution in [0.3, 0.4) is 0 Å². The highest BCUT2D eigenvalue weighted by molar-refractivity contribution is 6.19. The molecule has 0 aromatic heterocycles. The van der Waals surface area contributed by atoms with Gasteiger partial charge in [-0.2, -0.15) is 0 Å². The Bertz CT molecular complexity index is 404. The topological polar surface area (TPSA) is 66.5 Å². The molecule has 4 amide bonds. The van der Waals surface area contributed by atoms with Crippen molar-refractivity contribution in [2.45, 2.75) is 25.7 Å². The Kier molecular flexibility index (Phi) is 2.43. The molecule has 1 spiro atoms. The van der Waals surface area contributed by atoms with Crippen molar-refractivity contribution < 1.29 is 14.4 Å². The third-order valence-corrected chi connectivity index (χ3v) is 3.24. The lowest BCUT2D eigenvalue weighted by Crippen LogP contribution is -2.66. The Hall–Kier alpha value is -1.83. The Morgan fingerprint density at radius 3 is 2.56 bits per heavy atom. The highest BCUT2D eigenvalue weighted by Crippen LogP contribution is 2.44. The van der Waals surface area contributed by atoms with Gasteiger partial charge in [-0.15, -0.1) is 12.3 Å². The first kappa shape index (κ1) is 10.7. The van der Waals surface area contributed by atoms with Crippen molar-refractivity contribution in [2.24, 2.45) is 5.41 Å². The molecule has 0 aromatic carbocycles. The first-order chi connectivity index (χ1) is 7.62. The van der Waals surface area contributed by atoms with E-state index >= 15 is 0 Å². The van der Waals surface area contributed by atoms with Crippen LogP contribution in [0, 0.1) is 17.8 Å². The molecular formula is C11H12N2O3. The zero-order valence-corrected chi connectivity index (χ0v) is 8.78. The van der Waals surface area contributed by atoms with Crippen LogP contribution in [0.25, 0.3) is 0 Å². The van der Waals surface area contributed by atoms with E-state index in [4.69, 9.17) is 6.42 Å². The van der Waals surface area contributed by atoms with Gasteiger partial charge < -0.3 is 0 Å². The molecule has 2 fully saturated rings. The molecule has 1 N–H and O–H groups in total. The minimum absolute atomic E-state index is 0.177. The zero-order valence-electron chi connectivity index (χ0n) is 8.78. The number of imide groups is 2. The minimum atomic E-state index is -0.984. The maximum Gasteiger partial charge on any atom is 0.330 e. The highest BCUT2D eigenvalue weighted by Gasteiger charge is 2.57. The van der Waals surface area contributed by atoms with Gasteiger partial charge in [0.1, 0.15) is 5.41 Å². The molecule has 2 aliphatic rings. The summed E-state index contributed by atoms with van der Waals surface area (Å²) in [5, 5.41) is 2.22. The summed E-state index contributed by atoms with van der Waals surface area (Å²) in [6.07, 6.45) is 7.29. The Labute approximate surface area is 93.2 Å². The molecule has 2 rings (SSSR count). The van der Waals surface area contributed by atoms with Crippen molar-refractivity contribution in [3.05, 3.63) is 0 Å². The summed E-state index contributed by atoms with van der Waals surface area (Å²) < 4.78 is 0. The second-order valence-corrected chi connectivity index (χ2v) is 4.11. The van der Waals surface area contributed by atoms with Crippen LogP contribution in [0.4, 0.5) is 4.79 Å². The summed E-state index contributed by atoms with van der Waals surface area (Å²) in [6, 6.07) is -0.650. The van der Waals surface area contributed by atoms with E-state index in [0.717, 1.165) is 11.3 Å². The fraction of sp³-hybridized carbons (Fsp3) is 0.545. The fourth-order valence-corrected chi connectivity index (χ4v) is 2.08. The summed E-state index contributed by atoms with van der Waals surface area (Å²) in [5.41, 5.74) is -0.984. The number of barbiturate groups is 1. The molecule has 1 aliphatic heterocycles. The van der Waals surface area contributed by atoms with E-state index in [-0.39, 0.29) is 12.5 Å². The standard InChI is InChI=1S/C11H12N2O3/c1-2-3-7-13-9(15)11(5-4-6-11)8(14)12-10(13)16/h1H,3-7H2,(H,12,14,16). The first-order valence-corrected chi connectivity index (χ1v) is 5.23. The molecule has 0 aromatic rings. The van der Waals surface area contributed by atoms with Gasteiger partial charge in [-0.3, -0.25) is 19.8 Å². The van der Waals surface area contributed by atoms with Crippen molar-refractivity contribution in [1.82, 2.24) is 10.2 Å². The average molecular weight is 220 g/mol. The molecule has 1 saturated heterocycles. The molecule has 1 heterocycles. The van der Waals surface area contributed by atoms with Crippen LogP contribution in [0.15, 0.2) is 0 Å². The van der Waals surface area contributed by atoms with E-state index in [1.165, 1.54) is 0 Å². The maximum atomic E-state index is 12.0. The summed E-state index contributed by atoms with van der Waals surface area (Å²) >= 11 is 0. The van der Waals surface area contributed by atoms with Crippen molar-refractivity contribution >= 4 is 17.8 Å². The number of nitrogens with zero attached hydrogens (tertiary/aromatic N) is 1. The highest BCUT2D eigenvalue weighted by atomic mass is 16.2. The fourth-order valence-electron chi connectivity index (χ4n) is 2.08. The van der Waals surface area contributed by atoms with Gasteiger partial charge in [-0.25, -0.2) is 4.79 Å². The SMILES string of the molecule is C#CCCN1C(=O)NC(=O)C2(CCC2)C1=O. The van der Waals surface area contributed by atoms with Gasteiger partial charge in [0, 0.05) is 13.0 Å². The van der Waals surface area contributed by atoms with Crippen molar-refractivity contribution in [3.63, 3.8) is 0 Å². The van der Waals surface area contributed by atoms with E-state index in [9.17, 15) is 14.4 Å². The largest absolute Gasteiger partial charge is 0.330 e. The lowest BCUT2D eigenvalue weighted by molar-refractivity contribution is -0.157. The molecular weight excluding hydrogens is 208 g/mol. The number of terminal acetylenes is 1. The van der Waals surface area contributed by atoms with Crippen LogP contribution in [0.5, 0.6) is 0 Å². The van der Waals surface area contributed by atoms with E-state index < -0.39 is 17.4 Å². The molecule has 0 radical (unpaired) electrons. The van der Waals surface area contributed by atoms with E-state index in [2.05, 4.69) is 11.2 Å². The predicted octanol–water partition coefficient (Wildman–Crippen LogP) is 0.258. The smallest absolute Gasteiger partial charge is 0.277 e. The van der Waals surface area contributed by atoms with Gasteiger partial charge in [0.05, 0.1) is 0 Å². The van der Waals surface area contributed by atoms with Crippen LogP contribution in [0.1, 0.15) is 25.7 Å². The van der Waals surface area contributed by atoms with E-state index in [0.29, 0.717) is 19.3 Å². The van der Waals surface area contributed by atoms with Crippen LogP contribution < -0.4 is 5.32 Å². The van der Waals surface area contributed by atoms with Gasteiger partial charge in [-0.05, 0) is 12.8 Å². The number of hydrogen-bond acceptors (Lipinski definition) is 3. The average Bonchev–Trinajstić information content (AvgIpc) is 2.15. The van der Waals surface area contributed by atoms with Gasteiger partial charge >= 0.3 is 6.03 Å². The molecule has 84 valence electrons. The predicted molar refractivity (Wildman–Crippen MR) is 55.0 cm³/mol. The monoisotopic (exact) mass is 220 g/mol. The van der Waals surface area contributed by atoms with Crippen LogP contribution in [-0.4, -0.2) is 29.3 Å². The lowest BCUT2D eigenvalue weighted by Gasteiger charge is -2.44. The van der Waals surface area contributed by atoms with E-state index in [1.54, 1.807) is 0 Å². The summed E-state index contributed by atoms with van der Waals surface area (Å²) in [4.78, 5) is 36.2. The second-order valence-electron chi connectivity index (χ2n) is 4.11. The zero-order chi connectivity index (χ0) is 11.8. The quantitative estimate of drug-likeness (QED) is 0.536. The number of amides is 4. The molecule has 0 atom stereocenters. The number of rotatable bonds is 2. The van der Waals surface area contributed by atoms with E-state index in [1.807, 2.05) is 0 Å². The normalized spacial score (nSPS) is 22.7. The van der Waals surface area contributed by atoms with Crippen LogP contribution in [-0.2, 0) is 9.59 Å². The lowest BCUT2D eigenvalue weighted by atomic mass is 9.66. The van der Waals surface area contributed by atoms with Crippen molar-refractivity contribution in [2.75, 3.05) is 6.54 Å². The van der Waals surface area contributed by atoms with Gasteiger partial charge in [0.15, 0.2) is 0 Å². The van der Waals surface area contributed by atoms with Gasteiger partial charge in [-0.1, -0.05) is 6.42 Å². The maximum absolute atomic E-state index is 12.0. The number of carbonyl (C=O) groups is 3. The molecule has 5 heteroatoms. The van der Waals surface area contributed by atoms with Crippen LogP contribution in [0.2, 0.25) is 0 Å². The van der Waals surface area contributed by atoms with Crippen molar-refractivity contribution in [3.8, 4) is 12.3 Å². The number of urea groups is 1. The molecule has 1 aliphatic carbocycles. The van der Waals surface area contributed by atoms with Gasteiger partial charge in [0.2, 0.25) is 11.8 Å². The first-order valence-electron chi connectivity index (χ1n) is 5.23.